The van der Waals surface area contributed by atoms with E-state index in [1.807, 2.05) is 11.3 Å². The summed E-state index contributed by atoms with van der Waals surface area (Å²) in [4.78, 5) is 4.69. The molecule has 2 aromatic rings. The Morgan fingerprint density at radius 3 is 3.20 bits per heavy atom. The lowest BCUT2D eigenvalue weighted by Crippen LogP contribution is -2.07. The lowest BCUT2D eigenvalue weighted by atomic mass is 10.1. The predicted octanol–water partition coefficient (Wildman–Crippen LogP) is 3.14. The molecule has 0 amide bonds. The van der Waals surface area contributed by atoms with Gasteiger partial charge in [-0.05, 0) is 31.2 Å². The fraction of sp³-hybridized carbons (Fsp3) is 0.364. The zero-order valence-electron chi connectivity index (χ0n) is 8.16. The highest BCUT2D eigenvalue weighted by molar-refractivity contribution is 9.10. The van der Waals surface area contributed by atoms with Gasteiger partial charge in [0.05, 0.1) is 15.2 Å². The smallest absolute Gasteiger partial charge is 0.0982 e. The number of benzene rings is 1. The summed E-state index contributed by atoms with van der Waals surface area (Å²) in [5, 5.41) is 4.67. The second-order valence-corrected chi connectivity index (χ2v) is 5.83. The molecule has 1 aliphatic rings. The molecule has 15 heavy (non-hydrogen) atoms. The van der Waals surface area contributed by atoms with Crippen LogP contribution in [0.25, 0.3) is 10.2 Å². The molecule has 1 aromatic carbocycles. The van der Waals surface area contributed by atoms with Crippen LogP contribution in [0.1, 0.15) is 17.3 Å². The van der Waals surface area contributed by atoms with Gasteiger partial charge in [0.15, 0.2) is 0 Å². The number of thiazole rings is 1. The third kappa shape index (κ3) is 1.82. The Labute approximate surface area is 101 Å². The largest absolute Gasteiger partial charge is 0.316 e. The van der Waals surface area contributed by atoms with Gasteiger partial charge in [0.25, 0.3) is 0 Å². The van der Waals surface area contributed by atoms with E-state index in [2.05, 4.69) is 39.4 Å². The molecular weight excluding hydrogens is 272 g/mol. The van der Waals surface area contributed by atoms with E-state index < -0.39 is 0 Å². The molecule has 1 atom stereocenters. The SMILES string of the molecule is Brc1ccc2nc(C3CCNC3)sc2c1. The van der Waals surface area contributed by atoms with Crippen LogP contribution in [-0.2, 0) is 0 Å². The minimum absolute atomic E-state index is 0.626. The number of hydrogen-bond donors (Lipinski definition) is 1. The van der Waals surface area contributed by atoms with E-state index in [1.54, 1.807) is 0 Å². The van der Waals surface area contributed by atoms with Crippen LogP contribution < -0.4 is 5.32 Å². The molecule has 1 N–H and O–H groups in total. The average molecular weight is 283 g/mol. The van der Waals surface area contributed by atoms with Gasteiger partial charge in [-0.2, -0.15) is 0 Å². The predicted molar refractivity (Wildman–Crippen MR) is 67.5 cm³/mol. The van der Waals surface area contributed by atoms with Gasteiger partial charge in [0, 0.05) is 16.9 Å². The maximum absolute atomic E-state index is 4.69. The maximum Gasteiger partial charge on any atom is 0.0982 e. The first kappa shape index (κ1) is 9.75. The fourth-order valence-electron chi connectivity index (χ4n) is 1.96. The Morgan fingerprint density at radius 2 is 2.40 bits per heavy atom. The van der Waals surface area contributed by atoms with Crippen molar-refractivity contribution in [1.82, 2.24) is 10.3 Å². The number of nitrogens with one attached hydrogen (secondary N) is 1. The first-order valence-electron chi connectivity index (χ1n) is 5.09. The summed E-state index contributed by atoms with van der Waals surface area (Å²) in [6.45, 7) is 2.21. The molecule has 78 valence electrons. The molecule has 1 fully saturated rings. The molecule has 0 bridgehead atoms. The molecule has 1 aliphatic heterocycles. The zero-order chi connectivity index (χ0) is 10.3. The summed E-state index contributed by atoms with van der Waals surface area (Å²) in [6, 6.07) is 6.29. The molecule has 1 saturated heterocycles. The van der Waals surface area contributed by atoms with Crippen molar-refractivity contribution in [2.24, 2.45) is 0 Å². The van der Waals surface area contributed by atoms with Crippen molar-refractivity contribution in [3.63, 3.8) is 0 Å². The normalized spacial score (nSPS) is 21.3. The Morgan fingerprint density at radius 1 is 1.47 bits per heavy atom. The monoisotopic (exact) mass is 282 g/mol. The van der Waals surface area contributed by atoms with Crippen LogP contribution in [0.3, 0.4) is 0 Å². The maximum atomic E-state index is 4.69. The molecule has 2 nitrogen and oxygen atoms in total. The highest BCUT2D eigenvalue weighted by atomic mass is 79.9. The van der Waals surface area contributed by atoms with Crippen molar-refractivity contribution in [1.29, 1.82) is 0 Å². The summed E-state index contributed by atoms with van der Waals surface area (Å²) in [7, 11) is 0. The lowest BCUT2D eigenvalue weighted by molar-refractivity contribution is 0.758. The molecule has 4 heteroatoms. The van der Waals surface area contributed by atoms with E-state index in [4.69, 9.17) is 4.98 Å². The van der Waals surface area contributed by atoms with E-state index in [0.29, 0.717) is 5.92 Å². The minimum Gasteiger partial charge on any atom is -0.316 e. The molecule has 0 saturated carbocycles. The van der Waals surface area contributed by atoms with E-state index in [9.17, 15) is 0 Å². The van der Waals surface area contributed by atoms with E-state index >= 15 is 0 Å². The molecule has 0 aliphatic carbocycles. The van der Waals surface area contributed by atoms with Crippen molar-refractivity contribution in [3.8, 4) is 0 Å². The second-order valence-electron chi connectivity index (χ2n) is 3.85. The molecule has 3 rings (SSSR count). The quantitative estimate of drug-likeness (QED) is 0.869. The first-order valence-corrected chi connectivity index (χ1v) is 6.70. The van der Waals surface area contributed by atoms with Gasteiger partial charge in [-0.25, -0.2) is 4.98 Å². The highest BCUT2D eigenvalue weighted by Crippen LogP contribution is 2.31. The number of aromatic nitrogens is 1. The lowest BCUT2D eigenvalue weighted by Gasteiger charge is -2.00. The Kier molecular flexibility index (Phi) is 2.50. The summed E-state index contributed by atoms with van der Waals surface area (Å²) < 4.78 is 2.42. The third-order valence-electron chi connectivity index (χ3n) is 2.78. The number of fused-ring (bicyclic) bond motifs is 1. The number of hydrogen-bond acceptors (Lipinski definition) is 3. The van der Waals surface area contributed by atoms with E-state index in [1.165, 1.54) is 16.1 Å². The summed E-state index contributed by atoms with van der Waals surface area (Å²) >= 11 is 5.32. The highest BCUT2D eigenvalue weighted by Gasteiger charge is 2.20. The van der Waals surface area contributed by atoms with E-state index in [0.717, 1.165) is 23.1 Å². The molecule has 2 heterocycles. The zero-order valence-corrected chi connectivity index (χ0v) is 10.6. The third-order valence-corrected chi connectivity index (χ3v) is 4.45. The van der Waals surface area contributed by atoms with Gasteiger partial charge in [0.2, 0.25) is 0 Å². The summed E-state index contributed by atoms with van der Waals surface area (Å²) in [5.74, 6) is 0.626. The van der Waals surface area contributed by atoms with E-state index in [-0.39, 0.29) is 0 Å². The minimum atomic E-state index is 0.626. The standard InChI is InChI=1S/C11H11BrN2S/c12-8-1-2-9-10(5-8)15-11(14-9)7-3-4-13-6-7/h1-2,5,7,13H,3-4,6H2. The Balaban J connectivity index is 2.05. The summed E-state index contributed by atoms with van der Waals surface area (Å²) in [6.07, 6.45) is 1.22. The molecule has 1 aromatic heterocycles. The summed E-state index contributed by atoms with van der Waals surface area (Å²) in [5.41, 5.74) is 1.13. The van der Waals surface area contributed by atoms with Crippen molar-refractivity contribution >= 4 is 37.5 Å². The van der Waals surface area contributed by atoms with Crippen LogP contribution in [0.2, 0.25) is 0 Å². The molecule has 1 unspecified atom stereocenters. The van der Waals surface area contributed by atoms with Crippen molar-refractivity contribution in [3.05, 3.63) is 27.7 Å². The Hall–Kier alpha value is -0.450. The molecule has 0 radical (unpaired) electrons. The van der Waals surface area contributed by atoms with Crippen molar-refractivity contribution in [2.75, 3.05) is 13.1 Å². The van der Waals surface area contributed by atoms with Gasteiger partial charge in [-0.15, -0.1) is 11.3 Å². The molecular formula is C11H11BrN2S. The van der Waals surface area contributed by atoms with Gasteiger partial charge in [0.1, 0.15) is 0 Å². The second kappa shape index (κ2) is 3.85. The van der Waals surface area contributed by atoms with Crippen LogP contribution in [0.4, 0.5) is 0 Å². The number of halogens is 1. The van der Waals surface area contributed by atoms with Crippen LogP contribution in [0.15, 0.2) is 22.7 Å². The van der Waals surface area contributed by atoms with Gasteiger partial charge >= 0.3 is 0 Å². The van der Waals surface area contributed by atoms with Crippen LogP contribution in [-0.4, -0.2) is 18.1 Å². The molecule has 0 spiro atoms. The van der Waals surface area contributed by atoms with Gasteiger partial charge < -0.3 is 5.32 Å². The average Bonchev–Trinajstić information content (AvgIpc) is 2.84. The Bertz CT molecular complexity index is 488. The number of rotatable bonds is 1. The van der Waals surface area contributed by atoms with Crippen LogP contribution >= 0.6 is 27.3 Å². The van der Waals surface area contributed by atoms with Crippen LogP contribution in [0, 0.1) is 0 Å². The van der Waals surface area contributed by atoms with Crippen molar-refractivity contribution in [2.45, 2.75) is 12.3 Å². The number of nitrogens with zero attached hydrogens (tertiary/aromatic N) is 1. The fourth-order valence-corrected chi connectivity index (χ4v) is 3.61. The van der Waals surface area contributed by atoms with Crippen molar-refractivity contribution < 1.29 is 0 Å². The topological polar surface area (TPSA) is 24.9 Å². The van der Waals surface area contributed by atoms with Gasteiger partial charge in [-0.3, -0.25) is 0 Å². The van der Waals surface area contributed by atoms with Crippen LogP contribution in [0.5, 0.6) is 0 Å². The first-order chi connectivity index (χ1) is 7.33. The van der Waals surface area contributed by atoms with Gasteiger partial charge in [-0.1, -0.05) is 15.9 Å².